The number of hydrogen-bond acceptors (Lipinski definition) is 5. The summed E-state index contributed by atoms with van der Waals surface area (Å²) in [5.41, 5.74) is 1.41. The van der Waals surface area contributed by atoms with Gasteiger partial charge in [-0.05, 0) is 25.5 Å². The van der Waals surface area contributed by atoms with Gasteiger partial charge in [0.25, 0.3) is 5.91 Å². The second-order valence-electron chi connectivity index (χ2n) is 6.50. The lowest BCUT2D eigenvalue weighted by Gasteiger charge is -2.42. The van der Waals surface area contributed by atoms with Crippen LogP contribution in [-0.2, 0) is 20.8 Å². The first-order valence-electron chi connectivity index (χ1n) is 8.22. The second kappa shape index (κ2) is 6.95. The van der Waals surface area contributed by atoms with Gasteiger partial charge >= 0.3 is 0 Å². The van der Waals surface area contributed by atoms with E-state index in [0.717, 1.165) is 18.8 Å². The van der Waals surface area contributed by atoms with Gasteiger partial charge in [-0.2, -0.15) is 0 Å². The molecule has 6 nitrogen and oxygen atoms in total. The molecule has 3 rings (SSSR count). The first kappa shape index (κ1) is 16.4. The molecule has 0 N–H and O–H groups in total. The summed E-state index contributed by atoms with van der Waals surface area (Å²) >= 11 is 0. The number of carbonyl (C=O) groups excluding carboxylic acids is 1. The average molecular weight is 319 g/mol. The lowest BCUT2D eigenvalue weighted by atomic mass is 10.0. The highest BCUT2D eigenvalue weighted by molar-refractivity contribution is 5.85. The Morgan fingerprint density at radius 3 is 2.74 bits per heavy atom. The van der Waals surface area contributed by atoms with Gasteiger partial charge in [0, 0.05) is 44.6 Å². The third-order valence-electron chi connectivity index (χ3n) is 4.48. The first-order valence-corrected chi connectivity index (χ1v) is 8.22. The number of morpholine rings is 2. The predicted molar refractivity (Wildman–Crippen MR) is 86.0 cm³/mol. The Morgan fingerprint density at radius 1 is 1.26 bits per heavy atom. The molecule has 1 aromatic heterocycles. The van der Waals surface area contributed by atoms with E-state index in [4.69, 9.17) is 9.47 Å². The zero-order chi connectivity index (χ0) is 16.3. The van der Waals surface area contributed by atoms with E-state index in [1.165, 1.54) is 5.56 Å². The minimum Gasteiger partial charge on any atom is -0.378 e. The van der Waals surface area contributed by atoms with Crippen molar-refractivity contribution in [2.45, 2.75) is 26.0 Å². The van der Waals surface area contributed by atoms with Crippen molar-refractivity contribution in [1.82, 2.24) is 14.8 Å². The third-order valence-corrected chi connectivity index (χ3v) is 4.48. The van der Waals surface area contributed by atoms with Crippen LogP contribution in [0, 0.1) is 6.92 Å². The van der Waals surface area contributed by atoms with E-state index in [9.17, 15) is 4.79 Å². The zero-order valence-electron chi connectivity index (χ0n) is 14.0. The number of amides is 1. The Morgan fingerprint density at radius 2 is 2.04 bits per heavy atom. The summed E-state index contributed by atoms with van der Waals surface area (Å²) in [6.45, 7) is 9.23. The van der Waals surface area contributed by atoms with Crippen LogP contribution in [0.1, 0.15) is 18.2 Å². The minimum absolute atomic E-state index is 0.0764. The Balaban J connectivity index is 1.64. The number of ether oxygens (including phenoxy) is 2. The summed E-state index contributed by atoms with van der Waals surface area (Å²) in [4.78, 5) is 21.3. The monoisotopic (exact) mass is 319 g/mol. The molecule has 1 atom stereocenters. The molecular weight excluding hydrogens is 294 g/mol. The van der Waals surface area contributed by atoms with E-state index in [0.29, 0.717) is 39.5 Å². The molecular formula is C17H25N3O3. The van der Waals surface area contributed by atoms with Gasteiger partial charge < -0.3 is 14.4 Å². The number of pyridine rings is 1. The van der Waals surface area contributed by atoms with E-state index in [-0.39, 0.29) is 5.91 Å². The van der Waals surface area contributed by atoms with Gasteiger partial charge in [-0.3, -0.25) is 14.7 Å². The molecule has 3 heterocycles. The van der Waals surface area contributed by atoms with Gasteiger partial charge in [0.15, 0.2) is 5.60 Å². The standard InChI is InChI=1S/C17H25N3O3/c1-14-3-4-15(11-18-14)12-19-5-10-23-17(2,13-19)16(21)20-6-8-22-9-7-20/h3-4,11H,5-10,12-13H2,1-2H3/t17-/m0/s1. The Bertz CT molecular complexity index is 543. The van der Waals surface area contributed by atoms with Gasteiger partial charge in [-0.1, -0.05) is 6.07 Å². The fourth-order valence-corrected chi connectivity index (χ4v) is 3.17. The maximum Gasteiger partial charge on any atom is 0.256 e. The van der Waals surface area contributed by atoms with Crippen molar-refractivity contribution in [3.63, 3.8) is 0 Å². The van der Waals surface area contributed by atoms with Crippen LogP contribution in [0.3, 0.4) is 0 Å². The van der Waals surface area contributed by atoms with Crippen molar-refractivity contribution in [2.75, 3.05) is 46.0 Å². The molecule has 2 saturated heterocycles. The average Bonchev–Trinajstić information content (AvgIpc) is 2.57. The van der Waals surface area contributed by atoms with Crippen molar-refractivity contribution in [1.29, 1.82) is 0 Å². The molecule has 2 aliphatic heterocycles. The number of aryl methyl sites for hydroxylation is 1. The molecule has 2 fully saturated rings. The molecule has 6 heteroatoms. The highest BCUT2D eigenvalue weighted by Crippen LogP contribution is 2.22. The third kappa shape index (κ3) is 3.88. The second-order valence-corrected chi connectivity index (χ2v) is 6.50. The van der Waals surface area contributed by atoms with Crippen LogP contribution in [0.25, 0.3) is 0 Å². The quantitative estimate of drug-likeness (QED) is 0.826. The van der Waals surface area contributed by atoms with Gasteiger partial charge in [0.05, 0.1) is 19.8 Å². The Hall–Kier alpha value is -1.50. The summed E-state index contributed by atoms with van der Waals surface area (Å²) in [5, 5.41) is 0. The van der Waals surface area contributed by atoms with Crippen LogP contribution in [0.5, 0.6) is 0 Å². The molecule has 23 heavy (non-hydrogen) atoms. The molecule has 1 amide bonds. The molecule has 1 aromatic rings. The summed E-state index contributed by atoms with van der Waals surface area (Å²) in [6.07, 6.45) is 1.91. The van der Waals surface area contributed by atoms with Gasteiger partial charge in [-0.25, -0.2) is 0 Å². The highest BCUT2D eigenvalue weighted by Gasteiger charge is 2.42. The topological polar surface area (TPSA) is 54.9 Å². The van der Waals surface area contributed by atoms with Crippen molar-refractivity contribution < 1.29 is 14.3 Å². The SMILES string of the molecule is Cc1ccc(CN2CCO[C@](C)(C(=O)N3CCOCC3)C2)cn1. The van der Waals surface area contributed by atoms with Crippen molar-refractivity contribution in [3.8, 4) is 0 Å². The molecule has 0 aliphatic carbocycles. The fourth-order valence-electron chi connectivity index (χ4n) is 3.17. The molecule has 0 radical (unpaired) electrons. The minimum atomic E-state index is -0.770. The van der Waals surface area contributed by atoms with Crippen LogP contribution in [0.15, 0.2) is 18.3 Å². The predicted octanol–water partition coefficient (Wildman–Crippen LogP) is 0.840. The van der Waals surface area contributed by atoms with E-state index < -0.39 is 5.60 Å². The normalized spacial score (nSPS) is 26.3. The van der Waals surface area contributed by atoms with E-state index in [1.54, 1.807) is 0 Å². The van der Waals surface area contributed by atoms with E-state index in [1.807, 2.05) is 31.0 Å². The number of rotatable bonds is 3. The number of aromatic nitrogens is 1. The summed E-state index contributed by atoms with van der Waals surface area (Å²) in [7, 11) is 0. The molecule has 0 bridgehead atoms. The van der Waals surface area contributed by atoms with E-state index >= 15 is 0 Å². The lowest BCUT2D eigenvalue weighted by Crippen LogP contribution is -2.60. The van der Waals surface area contributed by atoms with Crippen molar-refractivity contribution in [2.24, 2.45) is 0 Å². The highest BCUT2D eigenvalue weighted by atomic mass is 16.5. The summed E-state index contributed by atoms with van der Waals surface area (Å²) in [6, 6.07) is 4.12. The number of hydrogen-bond donors (Lipinski definition) is 0. The van der Waals surface area contributed by atoms with Gasteiger partial charge in [0.2, 0.25) is 0 Å². The summed E-state index contributed by atoms with van der Waals surface area (Å²) in [5.74, 6) is 0.0764. The van der Waals surface area contributed by atoms with Crippen LogP contribution >= 0.6 is 0 Å². The fraction of sp³-hybridized carbons (Fsp3) is 0.647. The van der Waals surface area contributed by atoms with Gasteiger partial charge in [-0.15, -0.1) is 0 Å². The zero-order valence-corrected chi connectivity index (χ0v) is 14.0. The first-order chi connectivity index (χ1) is 11.1. The Labute approximate surface area is 137 Å². The number of carbonyl (C=O) groups is 1. The van der Waals surface area contributed by atoms with Gasteiger partial charge in [0.1, 0.15) is 0 Å². The van der Waals surface area contributed by atoms with E-state index in [2.05, 4.69) is 16.0 Å². The van der Waals surface area contributed by atoms with Crippen molar-refractivity contribution >= 4 is 5.91 Å². The van der Waals surface area contributed by atoms with Crippen molar-refractivity contribution in [3.05, 3.63) is 29.6 Å². The molecule has 2 aliphatic rings. The number of nitrogens with zero attached hydrogens (tertiary/aromatic N) is 3. The molecule has 126 valence electrons. The molecule has 0 unspecified atom stereocenters. The largest absolute Gasteiger partial charge is 0.378 e. The maximum atomic E-state index is 12.8. The van der Waals surface area contributed by atoms with Crippen LogP contribution < -0.4 is 0 Å². The van der Waals surface area contributed by atoms with Crippen LogP contribution in [-0.4, -0.2) is 72.3 Å². The lowest BCUT2D eigenvalue weighted by molar-refractivity contribution is -0.171. The Kier molecular flexibility index (Phi) is 4.94. The molecule has 0 aromatic carbocycles. The molecule has 0 spiro atoms. The maximum absolute atomic E-state index is 12.8. The smallest absolute Gasteiger partial charge is 0.256 e. The summed E-state index contributed by atoms with van der Waals surface area (Å²) < 4.78 is 11.2. The van der Waals surface area contributed by atoms with Crippen LogP contribution in [0.4, 0.5) is 0 Å². The van der Waals surface area contributed by atoms with Crippen LogP contribution in [0.2, 0.25) is 0 Å². The molecule has 0 saturated carbocycles.